The first-order valence-electron chi connectivity index (χ1n) is 8.81. The van der Waals surface area contributed by atoms with Crippen LogP contribution in [0.3, 0.4) is 0 Å². The predicted octanol–water partition coefficient (Wildman–Crippen LogP) is 2.44. The molecule has 1 saturated heterocycles. The van der Waals surface area contributed by atoms with Gasteiger partial charge >= 0.3 is 0 Å². The van der Waals surface area contributed by atoms with Crippen molar-refractivity contribution in [2.45, 2.75) is 46.3 Å². The first kappa shape index (κ1) is 17.9. The maximum atomic E-state index is 6.11. The Kier molecular flexibility index (Phi) is 6.54. The highest BCUT2D eigenvalue weighted by molar-refractivity contribution is 5.67. The molecule has 1 heterocycles. The van der Waals surface area contributed by atoms with Crippen molar-refractivity contribution in [3.63, 3.8) is 0 Å². The second-order valence-corrected chi connectivity index (χ2v) is 6.57. The molecule has 2 rings (SSSR count). The van der Waals surface area contributed by atoms with Crippen LogP contribution in [0, 0.1) is 0 Å². The molecule has 0 unspecified atom stereocenters. The van der Waals surface area contributed by atoms with E-state index in [1.54, 1.807) is 0 Å². The number of hydrogen-bond acceptors (Lipinski definition) is 5. The average molecular weight is 320 g/mol. The summed E-state index contributed by atoms with van der Waals surface area (Å²) in [5.74, 6) is 0.764. The first-order chi connectivity index (χ1) is 11.0. The highest BCUT2D eigenvalue weighted by Crippen LogP contribution is 2.33. The lowest BCUT2D eigenvalue weighted by Crippen LogP contribution is -2.47. The third kappa shape index (κ3) is 4.75. The van der Waals surface area contributed by atoms with Gasteiger partial charge in [-0.3, -0.25) is 4.90 Å². The van der Waals surface area contributed by atoms with Crippen LogP contribution in [0.2, 0.25) is 0 Å². The number of benzene rings is 1. The molecule has 130 valence electrons. The summed E-state index contributed by atoms with van der Waals surface area (Å²) in [6.07, 6.45) is 2.65. The minimum Gasteiger partial charge on any atom is -0.489 e. The number of nitrogens with two attached hydrogens (primary N) is 2. The minimum absolute atomic E-state index is 0.111. The van der Waals surface area contributed by atoms with Crippen LogP contribution >= 0.6 is 0 Å². The quantitative estimate of drug-likeness (QED) is 0.755. The van der Waals surface area contributed by atoms with Gasteiger partial charge in [-0.1, -0.05) is 13.3 Å². The first-order valence-corrected chi connectivity index (χ1v) is 8.81. The van der Waals surface area contributed by atoms with Crippen molar-refractivity contribution in [3.8, 4) is 5.75 Å². The van der Waals surface area contributed by atoms with Gasteiger partial charge in [-0.15, -0.1) is 0 Å². The van der Waals surface area contributed by atoms with Crippen LogP contribution in [0.15, 0.2) is 12.1 Å². The maximum absolute atomic E-state index is 6.11. The molecule has 1 aromatic rings. The molecule has 0 spiro atoms. The fourth-order valence-electron chi connectivity index (χ4n) is 3.04. The van der Waals surface area contributed by atoms with E-state index in [-0.39, 0.29) is 6.10 Å². The molecule has 0 aliphatic carbocycles. The molecule has 23 heavy (non-hydrogen) atoms. The van der Waals surface area contributed by atoms with Gasteiger partial charge in [0.1, 0.15) is 5.75 Å². The normalized spacial score (nSPS) is 16.1. The summed E-state index contributed by atoms with van der Waals surface area (Å²) in [6, 6.07) is 4.04. The summed E-state index contributed by atoms with van der Waals surface area (Å²) >= 11 is 0. The maximum Gasteiger partial charge on any atom is 0.144 e. The van der Waals surface area contributed by atoms with Crippen LogP contribution in [0.1, 0.15) is 39.2 Å². The third-order valence-corrected chi connectivity index (χ3v) is 4.33. The van der Waals surface area contributed by atoms with Crippen LogP contribution in [-0.4, -0.2) is 43.7 Å². The number of nitrogen functional groups attached to an aromatic ring is 1. The van der Waals surface area contributed by atoms with Crippen molar-refractivity contribution in [1.29, 1.82) is 0 Å². The average Bonchev–Trinajstić information content (AvgIpc) is 2.54. The number of nitrogens with zero attached hydrogens (tertiary/aromatic N) is 2. The summed E-state index contributed by atoms with van der Waals surface area (Å²) in [5.41, 5.74) is 15.0. The third-order valence-electron chi connectivity index (χ3n) is 4.33. The van der Waals surface area contributed by atoms with Crippen molar-refractivity contribution in [1.82, 2.24) is 4.90 Å². The summed E-state index contributed by atoms with van der Waals surface area (Å²) in [6.45, 7) is 12.3. The molecule has 0 radical (unpaired) electrons. The molecule has 0 amide bonds. The number of piperazine rings is 1. The smallest absolute Gasteiger partial charge is 0.144 e. The van der Waals surface area contributed by atoms with E-state index in [2.05, 4.69) is 22.8 Å². The number of anilines is 2. The number of unbranched alkanes of at least 4 members (excludes halogenated alkanes) is 1. The van der Waals surface area contributed by atoms with Gasteiger partial charge in [-0.2, -0.15) is 0 Å². The van der Waals surface area contributed by atoms with Gasteiger partial charge in [0, 0.05) is 44.5 Å². The van der Waals surface area contributed by atoms with E-state index in [0.717, 1.165) is 37.5 Å². The second-order valence-electron chi connectivity index (χ2n) is 6.57. The van der Waals surface area contributed by atoms with Gasteiger partial charge in [-0.25, -0.2) is 0 Å². The van der Waals surface area contributed by atoms with Crippen LogP contribution in [-0.2, 0) is 6.54 Å². The number of rotatable bonds is 7. The van der Waals surface area contributed by atoms with E-state index in [0.29, 0.717) is 12.2 Å². The highest BCUT2D eigenvalue weighted by atomic mass is 16.5. The Morgan fingerprint density at radius 3 is 2.43 bits per heavy atom. The van der Waals surface area contributed by atoms with Gasteiger partial charge in [-0.05, 0) is 38.4 Å². The van der Waals surface area contributed by atoms with Gasteiger partial charge < -0.3 is 21.1 Å². The fourth-order valence-corrected chi connectivity index (χ4v) is 3.04. The summed E-state index contributed by atoms with van der Waals surface area (Å²) in [7, 11) is 0. The zero-order valence-corrected chi connectivity index (χ0v) is 14.8. The highest BCUT2D eigenvalue weighted by Gasteiger charge is 2.20. The van der Waals surface area contributed by atoms with Crippen LogP contribution in [0.4, 0.5) is 11.4 Å². The molecule has 1 fully saturated rings. The predicted molar refractivity (Wildman–Crippen MR) is 98.1 cm³/mol. The van der Waals surface area contributed by atoms with Crippen LogP contribution in [0.25, 0.3) is 0 Å². The lowest BCUT2D eigenvalue weighted by atomic mass is 10.1. The Morgan fingerprint density at radius 2 is 1.87 bits per heavy atom. The van der Waals surface area contributed by atoms with Crippen LogP contribution < -0.4 is 21.1 Å². The standard InChI is InChI=1S/C18H32N4O/c1-4-5-6-21-7-9-22(10-8-21)17-12-18(23-14(2)3)16(20)11-15(17)13-19/h11-12,14H,4-10,13,19-20H2,1-3H3. The van der Waals surface area contributed by atoms with E-state index in [9.17, 15) is 0 Å². The zero-order chi connectivity index (χ0) is 16.8. The van der Waals surface area contributed by atoms with Gasteiger partial charge in [0.05, 0.1) is 11.8 Å². The number of ether oxygens (including phenoxy) is 1. The van der Waals surface area contributed by atoms with E-state index >= 15 is 0 Å². The Morgan fingerprint density at radius 1 is 1.17 bits per heavy atom. The van der Waals surface area contributed by atoms with Crippen LogP contribution in [0.5, 0.6) is 5.75 Å². The molecule has 1 aromatic carbocycles. The van der Waals surface area contributed by atoms with Crippen molar-refractivity contribution in [2.75, 3.05) is 43.4 Å². The number of hydrogen-bond donors (Lipinski definition) is 2. The molecule has 1 aliphatic rings. The molecule has 5 nitrogen and oxygen atoms in total. The largest absolute Gasteiger partial charge is 0.489 e. The van der Waals surface area contributed by atoms with Gasteiger partial charge in [0.25, 0.3) is 0 Å². The second kappa shape index (κ2) is 8.41. The van der Waals surface area contributed by atoms with E-state index in [4.69, 9.17) is 16.2 Å². The van der Waals surface area contributed by atoms with Crippen molar-refractivity contribution in [3.05, 3.63) is 17.7 Å². The summed E-state index contributed by atoms with van der Waals surface area (Å²) < 4.78 is 5.85. The lowest BCUT2D eigenvalue weighted by Gasteiger charge is -2.37. The molecule has 1 aliphatic heterocycles. The summed E-state index contributed by atoms with van der Waals surface area (Å²) in [5, 5.41) is 0. The Bertz CT molecular complexity index is 496. The van der Waals surface area contributed by atoms with E-state index < -0.39 is 0 Å². The van der Waals surface area contributed by atoms with E-state index in [1.165, 1.54) is 25.1 Å². The SMILES string of the molecule is CCCCN1CCN(c2cc(OC(C)C)c(N)cc2CN)CC1. The molecule has 0 bridgehead atoms. The zero-order valence-electron chi connectivity index (χ0n) is 14.8. The molecule has 0 aromatic heterocycles. The molecule has 4 N–H and O–H groups in total. The van der Waals surface area contributed by atoms with Gasteiger partial charge in [0.2, 0.25) is 0 Å². The Labute approximate surface area is 140 Å². The summed E-state index contributed by atoms with van der Waals surface area (Å²) in [4.78, 5) is 4.96. The molecule has 5 heteroatoms. The monoisotopic (exact) mass is 320 g/mol. The van der Waals surface area contributed by atoms with Crippen molar-refractivity contribution in [2.24, 2.45) is 5.73 Å². The Hall–Kier alpha value is -1.46. The molecular formula is C18H32N4O. The topological polar surface area (TPSA) is 67.8 Å². The molecular weight excluding hydrogens is 288 g/mol. The van der Waals surface area contributed by atoms with E-state index in [1.807, 2.05) is 19.9 Å². The van der Waals surface area contributed by atoms with Crippen molar-refractivity contribution < 1.29 is 4.74 Å². The fraction of sp³-hybridized carbons (Fsp3) is 0.667. The lowest BCUT2D eigenvalue weighted by molar-refractivity contribution is 0.243. The van der Waals surface area contributed by atoms with Gasteiger partial charge in [0.15, 0.2) is 0 Å². The minimum atomic E-state index is 0.111. The molecule has 0 saturated carbocycles. The Balaban J connectivity index is 2.12. The van der Waals surface area contributed by atoms with Crippen molar-refractivity contribution >= 4 is 11.4 Å². The molecule has 0 atom stereocenters.